The number of nitrogens with zero attached hydrogens (tertiary/aromatic N) is 1. The minimum atomic E-state index is -4.95. The molecule has 29 heavy (non-hydrogen) atoms. The van der Waals surface area contributed by atoms with E-state index in [4.69, 9.17) is 0 Å². The minimum Gasteiger partial charge on any atom is -0.405 e. The lowest BCUT2D eigenvalue weighted by molar-refractivity contribution is -0.274. The van der Waals surface area contributed by atoms with Gasteiger partial charge < -0.3 is 10.1 Å². The van der Waals surface area contributed by atoms with Crippen LogP contribution in [0.2, 0.25) is 0 Å². The van der Waals surface area contributed by atoms with Crippen molar-refractivity contribution in [2.75, 3.05) is 5.32 Å². The van der Waals surface area contributed by atoms with Crippen LogP contribution >= 0.6 is 0 Å². The smallest absolute Gasteiger partial charge is 0.405 e. The fourth-order valence-corrected chi connectivity index (χ4v) is 4.23. The summed E-state index contributed by atoms with van der Waals surface area (Å²) < 4.78 is 57.3. The quantitative estimate of drug-likeness (QED) is 0.689. The molecule has 0 radical (unpaired) electrons. The number of aromatic amines is 1. The van der Waals surface area contributed by atoms with Crippen molar-refractivity contribution in [2.24, 2.45) is 5.41 Å². The van der Waals surface area contributed by atoms with E-state index in [-0.39, 0.29) is 23.2 Å². The van der Waals surface area contributed by atoms with Gasteiger partial charge in [0.1, 0.15) is 11.6 Å². The molecule has 0 bridgehead atoms. The second kappa shape index (κ2) is 6.33. The fraction of sp³-hybridized carbons (Fsp3) is 0.400. The summed E-state index contributed by atoms with van der Waals surface area (Å²) in [6.45, 7) is 5.58. The summed E-state index contributed by atoms with van der Waals surface area (Å²) in [4.78, 5) is 13.1. The van der Waals surface area contributed by atoms with E-state index in [1.54, 1.807) is 6.92 Å². The predicted octanol–water partition coefficient (Wildman–Crippen LogP) is 4.96. The van der Waals surface area contributed by atoms with Crippen molar-refractivity contribution in [2.45, 2.75) is 45.9 Å². The number of aromatic nitrogens is 2. The Kier molecular flexibility index (Phi) is 4.25. The highest BCUT2D eigenvalue weighted by Gasteiger charge is 2.44. The molecule has 9 heteroatoms. The van der Waals surface area contributed by atoms with Gasteiger partial charge in [0.2, 0.25) is 0 Å². The number of rotatable bonds is 2. The highest BCUT2D eigenvalue weighted by atomic mass is 19.4. The number of anilines is 1. The first kappa shape index (κ1) is 19.5. The SMILES string of the molecule is Cc1[nH]nc2c1C(c1cc(F)ccc1OC(F)(F)F)C1=C(CC(C)(C)CC1=O)N2. The Morgan fingerprint density at radius 2 is 1.97 bits per heavy atom. The molecule has 2 heterocycles. The Morgan fingerprint density at radius 3 is 2.66 bits per heavy atom. The molecule has 0 amide bonds. The van der Waals surface area contributed by atoms with Crippen LogP contribution in [0.25, 0.3) is 0 Å². The van der Waals surface area contributed by atoms with E-state index < -0.39 is 23.8 Å². The van der Waals surface area contributed by atoms with Crippen molar-refractivity contribution in [3.8, 4) is 5.75 Å². The molecular weight excluding hydrogens is 390 g/mol. The van der Waals surface area contributed by atoms with E-state index >= 15 is 0 Å². The Balaban J connectivity index is 1.96. The Bertz CT molecular complexity index is 1040. The molecule has 2 N–H and O–H groups in total. The lowest BCUT2D eigenvalue weighted by Crippen LogP contribution is -2.34. The number of nitrogens with one attached hydrogen (secondary N) is 2. The van der Waals surface area contributed by atoms with Gasteiger partial charge in [0, 0.05) is 40.4 Å². The standard InChI is InChI=1S/C20H19F4N3O2/c1-9-15-16(11-6-10(21)4-5-14(11)29-20(22,23)24)17-12(25-18(15)27-26-9)7-19(2,3)8-13(17)28/h4-6,16H,7-8H2,1-3H3,(H2,25,26,27). The lowest BCUT2D eigenvalue weighted by atomic mass is 9.69. The van der Waals surface area contributed by atoms with Crippen LogP contribution in [0.3, 0.4) is 0 Å². The number of fused-ring (bicyclic) bond motifs is 1. The van der Waals surface area contributed by atoms with Crippen LogP contribution < -0.4 is 10.1 Å². The minimum absolute atomic E-state index is 0.0601. The number of H-pyrrole nitrogens is 1. The number of ketones is 1. The average molecular weight is 409 g/mol. The summed E-state index contributed by atoms with van der Waals surface area (Å²) in [7, 11) is 0. The summed E-state index contributed by atoms with van der Waals surface area (Å²) in [6.07, 6.45) is -4.20. The number of Topliss-reactive ketones (excluding diaryl/α,β-unsaturated/α-hetero) is 1. The molecule has 1 aliphatic heterocycles. The van der Waals surface area contributed by atoms with Crippen LogP contribution in [0.5, 0.6) is 5.75 Å². The number of hydrogen-bond acceptors (Lipinski definition) is 4. The lowest BCUT2D eigenvalue weighted by Gasteiger charge is -2.38. The topological polar surface area (TPSA) is 67.0 Å². The van der Waals surface area contributed by atoms with Crippen LogP contribution in [-0.4, -0.2) is 22.3 Å². The summed E-state index contributed by atoms with van der Waals surface area (Å²) in [5.41, 5.74) is 1.63. The van der Waals surface area contributed by atoms with Crippen LogP contribution in [0.1, 0.15) is 49.4 Å². The molecule has 0 spiro atoms. The highest BCUT2D eigenvalue weighted by Crippen LogP contribution is 2.51. The number of hydrogen-bond donors (Lipinski definition) is 2. The maximum atomic E-state index is 14.1. The molecule has 1 aromatic carbocycles. The van der Waals surface area contributed by atoms with Gasteiger partial charge in [0.15, 0.2) is 11.6 Å². The summed E-state index contributed by atoms with van der Waals surface area (Å²) in [5, 5.41) is 10.1. The molecule has 4 rings (SSSR count). The van der Waals surface area contributed by atoms with Gasteiger partial charge in [-0.1, -0.05) is 13.8 Å². The van der Waals surface area contributed by atoms with E-state index in [0.717, 1.165) is 18.2 Å². The summed E-state index contributed by atoms with van der Waals surface area (Å²) in [6, 6.07) is 2.83. The molecule has 1 unspecified atom stereocenters. The number of allylic oxidation sites excluding steroid dienone is 2. The maximum Gasteiger partial charge on any atom is 0.573 e. The Labute approximate surface area is 164 Å². The van der Waals surface area contributed by atoms with Gasteiger partial charge in [-0.2, -0.15) is 5.10 Å². The number of benzene rings is 1. The van der Waals surface area contributed by atoms with Crippen molar-refractivity contribution in [1.82, 2.24) is 10.2 Å². The number of carbonyl (C=O) groups excluding carboxylic acids is 1. The van der Waals surface area contributed by atoms with Gasteiger partial charge in [-0.05, 0) is 37.0 Å². The zero-order chi connectivity index (χ0) is 21.1. The molecule has 5 nitrogen and oxygen atoms in total. The number of alkyl halides is 3. The number of ether oxygens (including phenoxy) is 1. The third kappa shape index (κ3) is 3.49. The normalized spacial score (nSPS) is 20.8. The Morgan fingerprint density at radius 1 is 1.24 bits per heavy atom. The number of carbonyl (C=O) groups is 1. The van der Waals surface area contributed by atoms with E-state index in [1.165, 1.54) is 0 Å². The fourth-order valence-electron chi connectivity index (χ4n) is 4.23. The zero-order valence-electron chi connectivity index (χ0n) is 16.0. The first-order valence-corrected chi connectivity index (χ1v) is 9.08. The average Bonchev–Trinajstić information content (AvgIpc) is 2.93. The van der Waals surface area contributed by atoms with Gasteiger partial charge in [-0.3, -0.25) is 9.89 Å². The summed E-state index contributed by atoms with van der Waals surface area (Å²) >= 11 is 0. The van der Waals surface area contributed by atoms with Gasteiger partial charge in [-0.15, -0.1) is 13.2 Å². The summed E-state index contributed by atoms with van der Waals surface area (Å²) in [5.74, 6) is -1.96. The molecule has 0 fully saturated rings. The Hall–Kier alpha value is -2.84. The van der Waals surface area contributed by atoms with Crippen molar-refractivity contribution < 1.29 is 27.1 Å². The monoisotopic (exact) mass is 409 g/mol. The number of aryl methyl sites for hydroxylation is 1. The van der Waals surface area contributed by atoms with E-state index in [9.17, 15) is 22.4 Å². The molecule has 2 aliphatic rings. The van der Waals surface area contributed by atoms with Crippen LogP contribution in [0, 0.1) is 18.2 Å². The van der Waals surface area contributed by atoms with Gasteiger partial charge >= 0.3 is 6.36 Å². The second-order valence-electron chi connectivity index (χ2n) is 8.23. The molecule has 1 aliphatic carbocycles. The predicted molar refractivity (Wildman–Crippen MR) is 96.9 cm³/mol. The molecular formula is C20H19F4N3O2. The van der Waals surface area contributed by atoms with E-state index in [2.05, 4.69) is 20.3 Å². The van der Waals surface area contributed by atoms with Gasteiger partial charge in [-0.25, -0.2) is 4.39 Å². The molecule has 0 saturated carbocycles. The van der Waals surface area contributed by atoms with E-state index in [1.807, 2.05) is 13.8 Å². The van der Waals surface area contributed by atoms with Crippen LogP contribution in [0.4, 0.5) is 23.4 Å². The van der Waals surface area contributed by atoms with Gasteiger partial charge in [0.05, 0.1) is 0 Å². The highest BCUT2D eigenvalue weighted by molar-refractivity contribution is 6.01. The molecule has 2 aromatic rings. The second-order valence-corrected chi connectivity index (χ2v) is 8.23. The molecule has 154 valence electrons. The third-order valence-electron chi connectivity index (χ3n) is 5.27. The third-order valence-corrected chi connectivity index (χ3v) is 5.27. The maximum absolute atomic E-state index is 14.1. The van der Waals surface area contributed by atoms with Crippen molar-refractivity contribution in [3.05, 3.63) is 52.1 Å². The van der Waals surface area contributed by atoms with Crippen molar-refractivity contribution in [3.63, 3.8) is 0 Å². The van der Waals surface area contributed by atoms with Gasteiger partial charge in [0.25, 0.3) is 0 Å². The van der Waals surface area contributed by atoms with Crippen molar-refractivity contribution in [1.29, 1.82) is 0 Å². The molecule has 0 saturated heterocycles. The van der Waals surface area contributed by atoms with Crippen LogP contribution in [0.15, 0.2) is 29.5 Å². The molecule has 1 atom stereocenters. The number of halogens is 4. The zero-order valence-corrected chi connectivity index (χ0v) is 16.0. The first-order chi connectivity index (χ1) is 13.5. The van der Waals surface area contributed by atoms with Crippen LogP contribution in [-0.2, 0) is 4.79 Å². The van der Waals surface area contributed by atoms with E-state index in [0.29, 0.717) is 34.8 Å². The van der Waals surface area contributed by atoms with Crippen molar-refractivity contribution >= 4 is 11.6 Å². The first-order valence-electron chi connectivity index (χ1n) is 9.08. The molecule has 1 aromatic heterocycles. The largest absolute Gasteiger partial charge is 0.573 e.